The molecule has 0 saturated carbocycles. The van der Waals surface area contributed by atoms with Gasteiger partial charge in [-0.3, -0.25) is 4.79 Å². The minimum atomic E-state index is -3.67. The topological polar surface area (TPSA) is 87.3 Å². The lowest BCUT2D eigenvalue weighted by Gasteiger charge is -2.27. The van der Waals surface area contributed by atoms with Gasteiger partial charge < -0.3 is 10.6 Å². The molecule has 0 bridgehead atoms. The lowest BCUT2D eigenvalue weighted by molar-refractivity contribution is -0.122. The van der Waals surface area contributed by atoms with Gasteiger partial charge in [0, 0.05) is 25.6 Å². The number of amides is 1. The van der Waals surface area contributed by atoms with Crippen molar-refractivity contribution in [3.8, 4) is 0 Å². The molecule has 1 aromatic carbocycles. The van der Waals surface area contributed by atoms with E-state index in [9.17, 15) is 13.2 Å². The van der Waals surface area contributed by atoms with Gasteiger partial charge in [0.15, 0.2) is 0 Å². The van der Waals surface area contributed by atoms with E-state index in [1.165, 1.54) is 12.1 Å². The Kier molecular flexibility index (Phi) is 6.80. The molecule has 1 amide bonds. The van der Waals surface area contributed by atoms with Crippen molar-refractivity contribution in [2.45, 2.75) is 24.8 Å². The zero-order chi connectivity index (χ0) is 15.5. The van der Waals surface area contributed by atoms with Gasteiger partial charge in [-0.25, -0.2) is 8.42 Å². The van der Waals surface area contributed by atoms with Crippen LogP contribution in [0.5, 0.6) is 0 Å². The molecule has 2 rings (SSSR count). The molecule has 0 aliphatic carbocycles. The first-order valence-electron chi connectivity index (χ1n) is 6.96. The number of halogens is 1. The number of aryl methyl sites for hydroxylation is 1. The molecule has 22 heavy (non-hydrogen) atoms. The molecule has 1 saturated heterocycles. The number of hydrogen-bond acceptors (Lipinski definition) is 4. The predicted octanol–water partition coefficient (Wildman–Crippen LogP) is 0.419. The van der Waals surface area contributed by atoms with Crippen LogP contribution in [0.15, 0.2) is 29.2 Å². The van der Waals surface area contributed by atoms with Crippen LogP contribution in [0.25, 0.3) is 0 Å². The van der Waals surface area contributed by atoms with Crippen molar-refractivity contribution in [3.05, 3.63) is 29.8 Å². The van der Waals surface area contributed by atoms with E-state index in [1.54, 1.807) is 19.1 Å². The van der Waals surface area contributed by atoms with Crippen LogP contribution < -0.4 is 15.4 Å². The van der Waals surface area contributed by atoms with E-state index >= 15 is 0 Å². The highest BCUT2D eigenvalue weighted by Crippen LogP contribution is 2.10. The third-order valence-corrected chi connectivity index (χ3v) is 5.04. The van der Waals surface area contributed by atoms with Crippen molar-refractivity contribution in [2.24, 2.45) is 5.92 Å². The van der Waals surface area contributed by atoms with E-state index in [2.05, 4.69) is 15.4 Å². The summed E-state index contributed by atoms with van der Waals surface area (Å²) < 4.78 is 26.7. The second-order valence-electron chi connectivity index (χ2n) is 5.43. The minimum absolute atomic E-state index is 0. The summed E-state index contributed by atoms with van der Waals surface area (Å²) in [4.78, 5) is 12.1. The first-order valence-corrected chi connectivity index (χ1v) is 8.44. The molecule has 1 heterocycles. The molecule has 1 fully saturated rings. The van der Waals surface area contributed by atoms with Crippen LogP contribution >= 0.6 is 12.4 Å². The van der Waals surface area contributed by atoms with Crippen LogP contribution in [-0.4, -0.2) is 40.0 Å². The van der Waals surface area contributed by atoms with Gasteiger partial charge in [0.25, 0.3) is 0 Å². The molecule has 1 aromatic rings. The summed E-state index contributed by atoms with van der Waals surface area (Å²) in [6.07, 6.45) is 0. The minimum Gasteiger partial charge on any atom is -0.354 e. The quantitative estimate of drug-likeness (QED) is 0.696. The van der Waals surface area contributed by atoms with Crippen LogP contribution in [0.4, 0.5) is 0 Å². The third-order valence-electron chi connectivity index (χ3n) is 3.49. The van der Waals surface area contributed by atoms with Gasteiger partial charge in [0.05, 0.1) is 10.9 Å². The number of benzene rings is 1. The van der Waals surface area contributed by atoms with Crippen molar-refractivity contribution < 1.29 is 13.2 Å². The van der Waals surface area contributed by atoms with E-state index in [4.69, 9.17) is 0 Å². The van der Waals surface area contributed by atoms with Gasteiger partial charge in [-0.2, -0.15) is 4.72 Å². The Morgan fingerprint density at radius 3 is 2.41 bits per heavy atom. The lowest BCUT2D eigenvalue weighted by atomic mass is 10.0. The van der Waals surface area contributed by atoms with Crippen LogP contribution in [-0.2, 0) is 14.8 Å². The third kappa shape index (κ3) is 4.95. The Labute approximate surface area is 137 Å². The van der Waals surface area contributed by atoms with Gasteiger partial charge in [0.1, 0.15) is 0 Å². The zero-order valence-electron chi connectivity index (χ0n) is 12.6. The standard InChI is InChI=1S/C14H21N3O3S.ClH/c1-10-3-5-13(6-4-10)21(19,20)17-11(2)14(18)16-9-12-7-15-8-12;/h3-6,11-12,15,17H,7-9H2,1-2H3,(H,16,18);1H. The smallest absolute Gasteiger partial charge is 0.241 e. The monoisotopic (exact) mass is 347 g/mol. The second-order valence-corrected chi connectivity index (χ2v) is 7.14. The molecule has 3 N–H and O–H groups in total. The molecule has 1 aliphatic rings. The second kappa shape index (κ2) is 7.92. The highest BCUT2D eigenvalue weighted by atomic mass is 35.5. The van der Waals surface area contributed by atoms with Crippen molar-refractivity contribution >= 4 is 28.3 Å². The predicted molar refractivity (Wildman–Crippen MR) is 87.6 cm³/mol. The number of hydrogen-bond donors (Lipinski definition) is 3. The molecule has 1 aliphatic heterocycles. The van der Waals surface area contributed by atoms with Crippen LogP contribution in [0.2, 0.25) is 0 Å². The fourth-order valence-corrected chi connectivity index (χ4v) is 3.17. The number of sulfonamides is 1. The summed E-state index contributed by atoms with van der Waals surface area (Å²) in [5, 5.41) is 5.88. The average molecular weight is 348 g/mol. The maximum Gasteiger partial charge on any atom is 0.241 e. The van der Waals surface area contributed by atoms with E-state index < -0.39 is 16.1 Å². The van der Waals surface area contributed by atoms with Gasteiger partial charge in [-0.05, 0) is 26.0 Å². The Balaban J connectivity index is 0.00000242. The molecule has 0 spiro atoms. The molecule has 0 aromatic heterocycles. The van der Waals surface area contributed by atoms with Crippen LogP contribution in [0, 0.1) is 12.8 Å². The summed E-state index contributed by atoms with van der Waals surface area (Å²) >= 11 is 0. The SMILES string of the molecule is Cc1ccc(S(=O)(=O)NC(C)C(=O)NCC2CNC2)cc1.Cl. The fraction of sp³-hybridized carbons (Fsp3) is 0.500. The van der Waals surface area contributed by atoms with Crippen molar-refractivity contribution in [2.75, 3.05) is 19.6 Å². The average Bonchev–Trinajstić information content (AvgIpc) is 2.36. The first kappa shape index (κ1) is 18.9. The Morgan fingerprint density at radius 2 is 1.91 bits per heavy atom. The van der Waals surface area contributed by atoms with Crippen LogP contribution in [0.3, 0.4) is 0 Å². The summed E-state index contributed by atoms with van der Waals surface area (Å²) in [6, 6.07) is 5.71. The van der Waals surface area contributed by atoms with Crippen molar-refractivity contribution in [1.29, 1.82) is 0 Å². The highest BCUT2D eigenvalue weighted by molar-refractivity contribution is 7.89. The Morgan fingerprint density at radius 1 is 1.32 bits per heavy atom. The van der Waals surface area contributed by atoms with Gasteiger partial charge in [-0.15, -0.1) is 12.4 Å². The summed E-state index contributed by atoms with van der Waals surface area (Å²) in [5.41, 5.74) is 0.980. The van der Waals surface area contributed by atoms with E-state index in [0.29, 0.717) is 12.5 Å². The highest BCUT2D eigenvalue weighted by Gasteiger charge is 2.23. The van der Waals surface area contributed by atoms with E-state index in [0.717, 1.165) is 18.7 Å². The largest absolute Gasteiger partial charge is 0.354 e. The number of carbonyl (C=O) groups excluding carboxylic acids is 1. The summed E-state index contributed by atoms with van der Waals surface area (Å²) in [7, 11) is -3.67. The number of rotatable bonds is 6. The normalized spacial score (nSPS) is 16.3. The molecule has 1 unspecified atom stereocenters. The van der Waals surface area contributed by atoms with Gasteiger partial charge >= 0.3 is 0 Å². The van der Waals surface area contributed by atoms with E-state index in [1.807, 2.05) is 6.92 Å². The van der Waals surface area contributed by atoms with Crippen molar-refractivity contribution in [3.63, 3.8) is 0 Å². The maximum absolute atomic E-state index is 12.2. The molecule has 0 radical (unpaired) electrons. The molecule has 124 valence electrons. The molecule has 8 heteroatoms. The lowest BCUT2D eigenvalue weighted by Crippen LogP contribution is -2.51. The van der Waals surface area contributed by atoms with E-state index in [-0.39, 0.29) is 23.2 Å². The zero-order valence-corrected chi connectivity index (χ0v) is 14.3. The maximum atomic E-state index is 12.2. The summed E-state index contributed by atoms with van der Waals surface area (Å²) in [6.45, 7) is 5.78. The van der Waals surface area contributed by atoms with Crippen molar-refractivity contribution in [1.82, 2.24) is 15.4 Å². The number of nitrogens with one attached hydrogen (secondary N) is 3. The molecular weight excluding hydrogens is 326 g/mol. The Bertz CT molecular complexity index is 600. The Hall–Kier alpha value is -1.15. The molecule has 1 atom stereocenters. The van der Waals surface area contributed by atoms with Crippen LogP contribution in [0.1, 0.15) is 12.5 Å². The first-order chi connectivity index (χ1) is 9.88. The fourth-order valence-electron chi connectivity index (χ4n) is 1.96. The molecule has 6 nitrogen and oxygen atoms in total. The van der Waals surface area contributed by atoms with Gasteiger partial charge in [-0.1, -0.05) is 17.7 Å². The number of carbonyl (C=O) groups is 1. The molecular formula is C14H22ClN3O3S. The van der Waals surface area contributed by atoms with Gasteiger partial charge in [0.2, 0.25) is 15.9 Å². The summed E-state index contributed by atoms with van der Waals surface area (Å²) in [5.74, 6) is 0.132.